The van der Waals surface area contributed by atoms with E-state index in [2.05, 4.69) is 18.7 Å². The predicted octanol–water partition coefficient (Wildman–Crippen LogP) is 5.01. The fourth-order valence-electron chi connectivity index (χ4n) is 2.38. The van der Waals surface area contributed by atoms with Crippen molar-refractivity contribution in [2.24, 2.45) is 0 Å². The number of aromatic hydroxyl groups is 1. The van der Waals surface area contributed by atoms with Gasteiger partial charge in [-0.05, 0) is 44.6 Å². The zero-order valence-corrected chi connectivity index (χ0v) is 16.5. The van der Waals surface area contributed by atoms with Gasteiger partial charge in [0.05, 0.1) is 13.2 Å². The smallest absolute Gasteiger partial charge is 0.200 e. The molecule has 0 saturated carbocycles. The number of ether oxygens (including phenoxy) is 2. The lowest BCUT2D eigenvalue weighted by molar-refractivity contribution is 0.264. The van der Waals surface area contributed by atoms with Crippen molar-refractivity contribution in [1.82, 2.24) is 4.90 Å². The van der Waals surface area contributed by atoms with Gasteiger partial charge in [-0.15, -0.1) is 12.4 Å². The molecule has 0 bridgehead atoms. The number of nitrogens with zero attached hydrogens (tertiary/aromatic N) is 1. The van der Waals surface area contributed by atoms with Crippen molar-refractivity contribution >= 4 is 12.4 Å². The van der Waals surface area contributed by atoms with E-state index in [1.54, 1.807) is 0 Å². The van der Waals surface area contributed by atoms with Crippen molar-refractivity contribution in [1.29, 1.82) is 0 Å². The molecule has 0 aliphatic carbocycles. The fourth-order valence-corrected chi connectivity index (χ4v) is 2.38. The van der Waals surface area contributed by atoms with E-state index >= 15 is 0 Å². The van der Waals surface area contributed by atoms with Gasteiger partial charge >= 0.3 is 0 Å². The minimum atomic E-state index is 0. The van der Waals surface area contributed by atoms with Gasteiger partial charge in [-0.2, -0.15) is 0 Å². The summed E-state index contributed by atoms with van der Waals surface area (Å²) in [6.45, 7) is 6.37. The Kier molecular flexibility index (Phi) is 12.6. The standard InChI is InChI=1S/C19H33NO3.ClH/c1-5-7-9-11-22-17-13-16(15-20(3)4)14-18(19(17)21)23-12-10-8-6-2;/h13-14,21H,5-12,15H2,1-4H3;1H. The van der Waals surface area contributed by atoms with Crippen LogP contribution in [0.4, 0.5) is 0 Å². The molecule has 0 radical (unpaired) electrons. The van der Waals surface area contributed by atoms with Gasteiger partial charge in [0.1, 0.15) is 0 Å². The molecule has 1 aromatic carbocycles. The molecular weight excluding hydrogens is 326 g/mol. The Morgan fingerprint density at radius 1 is 0.875 bits per heavy atom. The number of benzene rings is 1. The van der Waals surface area contributed by atoms with E-state index in [9.17, 15) is 5.11 Å². The number of unbranched alkanes of at least 4 members (excludes halogenated alkanes) is 4. The monoisotopic (exact) mass is 359 g/mol. The first-order valence-corrected chi connectivity index (χ1v) is 8.84. The van der Waals surface area contributed by atoms with E-state index < -0.39 is 0 Å². The topological polar surface area (TPSA) is 41.9 Å². The zero-order valence-electron chi connectivity index (χ0n) is 15.6. The minimum absolute atomic E-state index is 0. The molecule has 0 saturated heterocycles. The van der Waals surface area contributed by atoms with Gasteiger partial charge in [-0.25, -0.2) is 0 Å². The first kappa shape index (κ1) is 22.9. The van der Waals surface area contributed by atoms with Crippen LogP contribution in [-0.4, -0.2) is 37.3 Å². The average molecular weight is 360 g/mol. The third-order valence-corrected chi connectivity index (χ3v) is 3.61. The Hall–Kier alpha value is -1.13. The summed E-state index contributed by atoms with van der Waals surface area (Å²) in [6, 6.07) is 3.83. The molecule has 1 aromatic rings. The number of hydrogen-bond donors (Lipinski definition) is 1. The molecule has 0 aliphatic heterocycles. The molecule has 0 unspecified atom stereocenters. The van der Waals surface area contributed by atoms with Crippen molar-refractivity contribution in [2.45, 2.75) is 58.9 Å². The summed E-state index contributed by atoms with van der Waals surface area (Å²) in [7, 11) is 4.05. The van der Waals surface area contributed by atoms with Crippen LogP contribution in [0.25, 0.3) is 0 Å². The van der Waals surface area contributed by atoms with Crippen LogP contribution in [0.2, 0.25) is 0 Å². The summed E-state index contributed by atoms with van der Waals surface area (Å²) in [4.78, 5) is 2.09. The van der Waals surface area contributed by atoms with E-state index in [4.69, 9.17) is 9.47 Å². The van der Waals surface area contributed by atoms with Crippen molar-refractivity contribution in [2.75, 3.05) is 27.3 Å². The molecule has 24 heavy (non-hydrogen) atoms. The Balaban J connectivity index is 0.00000529. The van der Waals surface area contributed by atoms with Crippen LogP contribution < -0.4 is 9.47 Å². The third kappa shape index (κ3) is 8.65. The van der Waals surface area contributed by atoms with E-state index in [1.807, 2.05) is 26.2 Å². The van der Waals surface area contributed by atoms with Crippen molar-refractivity contribution < 1.29 is 14.6 Å². The number of rotatable bonds is 12. The van der Waals surface area contributed by atoms with E-state index in [-0.39, 0.29) is 18.2 Å². The maximum atomic E-state index is 10.4. The van der Waals surface area contributed by atoms with Crippen LogP contribution in [0.15, 0.2) is 12.1 Å². The number of phenolic OH excluding ortho intramolecular Hbond substituents is 1. The highest BCUT2D eigenvalue weighted by Crippen LogP contribution is 2.38. The highest BCUT2D eigenvalue weighted by molar-refractivity contribution is 5.85. The van der Waals surface area contributed by atoms with E-state index in [0.29, 0.717) is 24.7 Å². The lowest BCUT2D eigenvalue weighted by Gasteiger charge is -2.16. The molecule has 1 rings (SSSR count). The maximum absolute atomic E-state index is 10.4. The molecule has 0 aliphatic rings. The molecule has 0 atom stereocenters. The number of halogens is 1. The molecule has 5 heteroatoms. The van der Waals surface area contributed by atoms with Crippen LogP contribution in [0.3, 0.4) is 0 Å². The summed E-state index contributed by atoms with van der Waals surface area (Å²) < 4.78 is 11.6. The summed E-state index contributed by atoms with van der Waals surface area (Å²) in [5.74, 6) is 1.19. The normalized spacial score (nSPS) is 10.5. The summed E-state index contributed by atoms with van der Waals surface area (Å²) in [5, 5.41) is 10.4. The molecule has 4 nitrogen and oxygen atoms in total. The van der Waals surface area contributed by atoms with E-state index in [0.717, 1.165) is 50.6 Å². The average Bonchev–Trinajstić information content (AvgIpc) is 2.51. The minimum Gasteiger partial charge on any atom is -0.502 e. The number of hydrogen-bond acceptors (Lipinski definition) is 4. The van der Waals surface area contributed by atoms with Gasteiger partial charge in [0.25, 0.3) is 0 Å². The van der Waals surface area contributed by atoms with Crippen molar-refractivity contribution in [3.05, 3.63) is 17.7 Å². The Morgan fingerprint density at radius 3 is 1.71 bits per heavy atom. The predicted molar refractivity (Wildman–Crippen MR) is 103 cm³/mol. The molecule has 0 amide bonds. The highest BCUT2D eigenvalue weighted by atomic mass is 35.5. The van der Waals surface area contributed by atoms with Gasteiger partial charge in [0, 0.05) is 6.54 Å². The van der Waals surface area contributed by atoms with Crippen LogP contribution in [0.5, 0.6) is 17.2 Å². The van der Waals surface area contributed by atoms with Crippen molar-refractivity contribution in [3.8, 4) is 17.2 Å². The lowest BCUT2D eigenvalue weighted by atomic mass is 10.1. The third-order valence-electron chi connectivity index (χ3n) is 3.61. The van der Waals surface area contributed by atoms with Crippen molar-refractivity contribution in [3.63, 3.8) is 0 Å². The molecule has 0 spiro atoms. The first-order valence-electron chi connectivity index (χ1n) is 8.84. The Morgan fingerprint density at radius 2 is 1.33 bits per heavy atom. The maximum Gasteiger partial charge on any atom is 0.200 e. The first-order chi connectivity index (χ1) is 11.1. The highest BCUT2D eigenvalue weighted by Gasteiger charge is 2.13. The molecule has 1 N–H and O–H groups in total. The van der Waals surface area contributed by atoms with Crippen LogP contribution >= 0.6 is 12.4 Å². The summed E-state index contributed by atoms with van der Waals surface area (Å²) in [6.07, 6.45) is 6.59. The quantitative estimate of drug-likeness (QED) is 0.532. The molecular formula is C19H34ClNO3. The molecule has 0 heterocycles. The largest absolute Gasteiger partial charge is 0.502 e. The second-order valence-electron chi connectivity index (χ2n) is 6.29. The second kappa shape index (κ2) is 13.2. The van der Waals surface area contributed by atoms with Gasteiger partial charge in [0.15, 0.2) is 11.5 Å². The molecule has 0 aromatic heterocycles. The SMILES string of the molecule is CCCCCOc1cc(CN(C)C)cc(OCCCCC)c1O.Cl. The van der Waals surface area contributed by atoms with Gasteiger partial charge in [-0.1, -0.05) is 39.5 Å². The van der Waals surface area contributed by atoms with Crippen LogP contribution in [0, 0.1) is 0 Å². The van der Waals surface area contributed by atoms with Crippen LogP contribution in [0.1, 0.15) is 57.9 Å². The Labute approximate surface area is 153 Å². The number of phenols is 1. The summed E-state index contributed by atoms with van der Waals surface area (Å²) in [5.41, 5.74) is 1.09. The van der Waals surface area contributed by atoms with Gasteiger partial charge in [-0.3, -0.25) is 0 Å². The Bertz CT molecular complexity index is 419. The molecule has 0 fully saturated rings. The summed E-state index contributed by atoms with van der Waals surface area (Å²) >= 11 is 0. The van der Waals surface area contributed by atoms with Gasteiger partial charge in [0.2, 0.25) is 5.75 Å². The zero-order chi connectivity index (χ0) is 17.1. The molecule has 140 valence electrons. The fraction of sp³-hybridized carbons (Fsp3) is 0.684. The van der Waals surface area contributed by atoms with E-state index in [1.165, 1.54) is 0 Å². The lowest BCUT2D eigenvalue weighted by Crippen LogP contribution is -2.11. The van der Waals surface area contributed by atoms with Gasteiger partial charge < -0.3 is 19.5 Å². The van der Waals surface area contributed by atoms with Crippen LogP contribution in [-0.2, 0) is 6.54 Å². The second-order valence-corrected chi connectivity index (χ2v) is 6.29.